The summed E-state index contributed by atoms with van der Waals surface area (Å²) in [5, 5.41) is 9.64. The van der Waals surface area contributed by atoms with E-state index in [1.54, 1.807) is 0 Å². The minimum Gasteiger partial charge on any atom is -0.388 e. The molecule has 1 atom stereocenters. The molecule has 0 saturated carbocycles. The second-order valence-electron chi connectivity index (χ2n) is 4.24. The van der Waals surface area contributed by atoms with E-state index in [-0.39, 0.29) is 17.0 Å². The lowest BCUT2D eigenvalue weighted by atomic mass is 10.0. The third-order valence-electron chi connectivity index (χ3n) is 2.82. The van der Waals surface area contributed by atoms with Gasteiger partial charge in [0.15, 0.2) is 0 Å². The summed E-state index contributed by atoms with van der Waals surface area (Å²) in [5.74, 6) is -2.10. The molecule has 6 heteroatoms. The van der Waals surface area contributed by atoms with Gasteiger partial charge in [0.05, 0.1) is 11.1 Å². The van der Waals surface area contributed by atoms with Crippen LogP contribution in [-0.2, 0) is 6.42 Å². The molecule has 20 heavy (non-hydrogen) atoms. The maximum absolute atomic E-state index is 13.7. The van der Waals surface area contributed by atoms with Gasteiger partial charge in [-0.15, -0.1) is 0 Å². The van der Waals surface area contributed by atoms with Crippen LogP contribution in [0.15, 0.2) is 34.8 Å². The van der Waals surface area contributed by atoms with E-state index in [0.717, 1.165) is 12.1 Å². The smallest absolute Gasteiger partial charge is 0.142 e. The normalized spacial score (nSPS) is 12.5. The van der Waals surface area contributed by atoms with E-state index in [0.29, 0.717) is 10.0 Å². The first-order chi connectivity index (χ1) is 9.38. The molecule has 0 aliphatic carbocycles. The third-order valence-corrected chi connectivity index (χ3v) is 3.88. The molecule has 0 saturated heterocycles. The van der Waals surface area contributed by atoms with Gasteiger partial charge < -0.3 is 5.11 Å². The summed E-state index contributed by atoms with van der Waals surface area (Å²) in [4.78, 5) is 0. The summed E-state index contributed by atoms with van der Waals surface area (Å²) in [6.07, 6.45) is -1.36. The fourth-order valence-corrected chi connectivity index (χ4v) is 2.37. The first-order valence-electron chi connectivity index (χ1n) is 5.65. The highest BCUT2D eigenvalue weighted by atomic mass is 79.9. The molecule has 0 heterocycles. The lowest BCUT2D eigenvalue weighted by Crippen LogP contribution is -2.06. The average Bonchev–Trinajstić information content (AvgIpc) is 2.38. The fraction of sp³-hybridized carbons (Fsp3) is 0.143. The van der Waals surface area contributed by atoms with Crippen molar-refractivity contribution < 1.29 is 18.3 Å². The van der Waals surface area contributed by atoms with Crippen LogP contribution < -0.4 is 0 Å². The summed E-state index contributed by atoms with van der Waals surface area (Å²) in [6.45, 7) is 0. The van der Waals surface area contributed by atoms with Gasteiger partial charge >= 0.3 is 0 Å². The van der Waals surface area contributed by atoms with Crippen molar-refractivity contribution in [2.24, 2.45) is 0 Å². The van der Waals surface area contributed by atoms with Crippen LogP contribution in [-0.4, -0.2) is 5.11 Å². The second kappa shape index (κ2) is 6.16. The van der Waals surface area contributed by atoms with E-state index >= 15 is 0 Å². The summed E-state index contributed by atoms with van der Waals surface area (Å²) < 4.78 is 40.7. The Morgan fingerprint density at radius 1 is 1.10 bits per heavy atom. The Kier molecular flexibility index (Phi) is 4.73. The molecule has 2 aromatic carbocycles. The minimum atomic E-state index is -1.31. The first-order valence-corrected chi connectivity index (χ1v) is 6.82. The molecule has 1 nitrogen and oxygen atoms in total. The van der Waals surface area contributed by atoms with E-state index in [1.807, 2.05) is 0 Å². The summed E-state index contributed by atoms with van der Waals surface area (Å²) in [5.41, 5.74) is 0.232. The van der Waals surface area contributed by atoms with Crippen molar-refractivity contribution in [3.05, 3.63) is 68.4 Å². The second-order valence-corrected chi connectivity index (χ2v) is 5.51. The molecule has 0 aliphatic heterocycles. The Hall–Kier alpha value is -1.04. The van der Waals surface area contributed by atoms with E-state index in [1.165, 1.54) is 18.2 Å². The largest absolute Gasteiger partial charge is 0.388 e. The van der Waals surface area contributed by atoms with Crippen molar-refractivity contribution in [1.82, 2.24) is 0 Å². The molecule has 0 aliphatic rings. The molecule has 0 spiro atoms. The van der Waals surface area contributed by atoms with Gasteiger partial charge in [-0.2, -0.15) is 0 Å². The lowest BCUT2D eigenvalue weighted by molar-refractivity contribution is 0.173. The first kappa shape index (κ1) is 15.4. The molecule has 1 unspecified atom stereocenters. The molecule has 2 rings (SSSR count). The summed E-state index contributed by atoms with van der Waals surface area (Å²) in [7, 11) is 0. The monoisotopic (exact) mass is 364 g/mol. The van der Waals surface area contributed by atoms with Gasteiger partial charge in [0.25, 0.3) is 0 Å². The van der Waals surface area contributed by atoms with Crippen LogP contribution >= 0.6 is 27.5 Å². The molecule has 0 aromatic heterocycles. The maximum atomic E-state index is 13.7. The topological polar surface area (TPSA) is 20.2 Å². The van der Waals surface area contributed by atoms with Crippen molar-refractivity contribution in [1.29, 1.82) is 0 Å². The van der Waals surface area contributed by atoms with Gasteiger partial charge in [-0.1, -0.05) is 27.5 Å². The van der Waals surface area contributed by atoms with Crippen LogP contribution in [0.25, 0.3) is 0 Å². The van der Waals surface area contributed by atoms with Crippen molar-refractivity contribution in [3.63, 3.8) is 0 Å². The number of hydrogen-bond donors (Lipinski definition) is 1. The number of aliphatic hydroxyl groups is 1. The molecule has 0 radical (unpaired) electrons. The van der Waals surface area contributed by atoms with Gasteiger partial charge in [-0.05, 0) is 35.9 Å². The van der Waals surface area contributed by atoms with Crippen LogP contribution in [0.4, 0.5) is 13.2 Å². The van der Waals surface area contributed by atoms with E-state index in [4.69, 9.17) is 11.6 Å². The quantitative estimate of drug-likeness (QED) is 0.775. The molecule has 106 valence electrons. The van der Waals surface area contributed by atoms with Crippen LogP contribution in [0, 0.1) is 17.5 Å². The molecular formula is C14H9BrClF3O. The highest BCUT2D eigenvalue weighted by Gasteiger charge is 2.18. The van der Waals surface area contributed by atoms with Crippen molar-refractivity contribution >= 4 is 27.5 Å². The molecule has 2 aromatic rings. The summed E-state index contributed by atoms with van der Waals surface area (Å²) >= 11 is 8.65. The molecule has 0 bridgehead atoms. The van der Waals surface area contributed by atoms with E-state index < -0.39 is 23.6 Å². The molecule has 0 amide bonds. The number of rotatable bonds is 3. The standard InChI is InChI=1S/C14H9BrClF3O/c15-10-2-1-8(17)3-7(10)4-14(20)9-5-13(19)11(16)6-12(9)18/h1-3,5-6,14,20H,4H2. The molecule has 1 N–H and O–H groups in total. The Bertz CT molecular complexity index is 649. The van der Waals surface area contributed by atoms with Gasteiger partial charge in [-0.3, -0.25) is 0 Å². The Balaban J connectivity index is 2.30. The predicted octanol–water partition coefficient (Wildman–Crippen LogP) is 4.80. The number of benzene rings is 2. The SMILES string of the molecule is OC(Cc1cc(F)ccc1Br)c1cc(F)c(Cl)cc1F. The molecule has 0 fully saturated rings. The average molecular weight is 366 g/mol. The highest BCUT2D eigenvalue weighted by Crippen LogP contribution is 2.28. The van der Waals surface area contributed by atoms with E-state index in [2.05, 4.69) is 15.9 Å². The number of halogens is 5. The van der Waals surface area contributed by atoms with Crippen molar-refractivity contribution in [2.75, 3.05) is 0 Å². The van der Waals surface area contributed by atoms with Crippen LogP contribution in [0.2, 0.25) is 5.02 Å². The zero-order valence-corrected chi connectivity index (χ0v) is 12.4. The molecular weight excluding hydrogens is 357 g/mol. The van der Waals surface area contributed by atoms with Gasteiger partial charge in [0.2, 0.25) is 0 Å². The number of hydrogen-bond acceptors (Lipinski definition) is 1. The van der Waals surface area contributed by atoms with E-state index in [9.17, 15) is 18.3 Å². The Morgan fingerprint density at radius 2 is 1.80 bits per heavy atom. The fourth-order valence-electron chi connectivity index (χ4n) is 1.81. The van der Waals surface area contributed by atoms with Gasteiger partial charge in [0.1, 0.15) is 17.5 Å². The predicted molar refractivity (Wildman–Crippen MR) is 74.1 cm³/mol. The third kappa shape index (κ3) is 3.34. The zero-order chi connectivity index (χ0) is 14.9. The zero-order valence-electron chi connectivity index (χ0n) is 10.0. The van der Waals surface area contributed by atoms with Gasteiger partial charge in [-0.25, -0.2) is 13.2 Å². The minimum absolute atomic E-state index is 0.0592. The highest BCUT2D eigenvalue weighted by molar-refractivity contribution is 9.10. The maximum Gasteiger partial charge on any atom is 0.142 e. The lowest BCUT2D eigenvalue weighted by Gasteiger charge is -2.14. The Morgan fingerprint density at radius 3 is 2.50 bits per heavy atom. The van der Waals surface area contributed by atoms with Crippen molar-refractivity contribution in [2.45, 2.75) is 12.5 Å². The van der Waals surface area contributed by atoms with Crippen LogP contribution in [0.3, 0.4) is 0 Å². The van der Waals surface area contributed by atoms with Crippen LogP contribution in [0.1, 0.15) is 17.2 Å². The Labute approximate surface area is 127 Å². The van der Waals surface area contributed by atoms with Crippen molar-refractivity contribution in [3.8, 4) is 0 Å². The van der Waals surface area contributed by atoms with Gasteiger partial charge in [0, 0.05) is 16.5 Å². The number of aliphatic hydroxyl groups excluding tert-OH is 1. The van der Waals surface area contributed by atoms with Crippen LogP contribution in [0.5, 0.6) is 0 Å². The summed E-state index contributed by atoms with van der Waals surface area (Å²) in [6, 6.07) is 5.60.